The summed E-state index contributed by atoms with van der Waals surface area (Å²) in [6, 6.07) is 15.6. The minimum Gasteiger partial charge on any atom is -0.451 e. The van der Waals surface area contributed by atoms with Gasteiger partial charge in [0.05, 0.1) is 5.75 Å². The molecule has 6 heteroatoms. The van der Waals surface area contributed by atoms with E-state index in [2.05, 4.69) is 10.9 Å². The summed E-state index contributed by atoms with van der Waals surface area (Å²) in [6.07, 6.45) is 0. The molecule has 2 aromatic carbocycles. The number of carbonyl (C=O) groups excluding carboxylic acids is 2. The standard InChI is InChI=1S/C20H20N2O3S/c1-13-7-9-15(10-8-13)11-26-12-18(23)21-22-20(24)19-14(2)16-5-3-4-6-17(16)25-19/h3-10H,11-12H2,1-2H3,(H,21,23)(H,22,24). The van der Waals surface area contributed by atoms with Gasteiger partial charge in [-0.15, -0.1) is 11.8 Å². The first-order valence-electron chi connectivity index (χ1n) is 8.25. The quantitative estimate of drug-likeness (QED) is 0.673. The molecular formula is C20H20N2O3S. The highest BCUT2D eigenvalue weighted by atomic mass is 32.2. The Balaban J connectivity index is 1.48. The van der Waals surface area contributed by atoms with Crippen LogP contribution in [-0.2, 0) is 10.5 Å². The predicted molar refractivity (Wildman–Crippen MR) is 104 cm³/mol. The number of thioether (sulfide) groups is 1. The van der Waals surface area contributed by atoms with Crippen LogP contribution in [0.4, 0.5) is 0 Å². The van der Waals surface area contributed by atoms with E-state index >= 15 is 0 Å². The first kappa shape index (κ1) is 18.1. The summed E-state index contributed by atoms with van der Waals surface area (Å²) in [4.78, 5) is 24.1. The van der Waals surface area contributed by atoms with Crippen molar-refractivity contribution in [2.24, 2.45) is 0 Å². The third-order valence-corrected chi connectivity index (χ3v) is 4.99. The molecule has 0 aliphatic carbocycles. The second-order valence-corrected chi connectivity index (χ2v) is 7.02. The van der Waals surface area contributed by atoms with E-state index in [4.69, 9.17) is 4.42 Å². The molecule has 0 atom stereocenters. The first-order chi connectivity index (χ1) is 12.5. The van der Waals surface area contributed by atoms with Crippen LogP contribution >= 0.6 is 11.8 Å². The lowest BCUT2D eigenvalue weighted by Crippen LogP contribution is -2.42. The molecule has 2 amide bonds. The molecule has 5 nitrogen and oxygen atoms in total. The van der Waals surface area contributed by atoms with Gasteiger partial charge >= 0.3 is 5.91 Å². The number of carbonyl (C=O) groups is 2. The number of rotatable bonds is 5. The van der Waals surface area contributed by atoms with Crippen LogP contribution in [0.3, 0.4) is 0 Å². The van der Waals surface area contributed by atoms with Crippen LogP contribution in [0.15, 0.2) is 52.9 Å². The summed E-state index contributed by atoms with van der Waals surface area (Å²) < 4.78 is 5.57. The molecule has 0 saturated heterocycles. The predicted octanol–water partition coefficient (Wildman–Crippen LogP) is 3.74. The highest BCUT2D eigenvalue weighted by Gasteiger charge is 2.17. The van der Waals surface area contributed by atoms with E-state index in [0.29, 0.717) is 5.58 Å². The van der Waals surface area contributed by atoms with Gasteiger partial charge in [0.1, 0.15) is 5.58 Å². The van der Waals surface area contributed by atoms with E-state index in [-0.39, 0.29) is 17.4 Å². The maximum atomic E-state index is 12.2. The lowest BCUT2D eigenvalue weighted by atomic mass is 10.1. The number of aryl methyl sites for hydroxylation is 2. The summed E-state index contributed by atoms with van der Waals surface area (Å²) >= 11 is 1.49. The highest BCUT2D eigenvalue weighted by Crippen LogP contribution is 2.24. The van der Waals surface area contributed by atoms with E-state index < -0.39 is 5.91 Å². The minimum absolute atomic E-state index is 0.207. The fourth-order valence-electron chi connectivity index (χ4n) is 2.56. The van der Waals surface area contributed by atoms with Crippen molar-refractivity contribution in [1.29, 1.82) is 0 Å². The fraction of sp³-hybridized carbons (Fsp3) is 0.200. The van der Waals surface area contributed by atoms with Crippen molar-refractivity contribution in [3.8, 4) is 0 Å². The van der Waals surface area contributed by atoms with Gasteiger partial charge in [-0.1, -0.05) is 48.0 Å². The zero-order valence-electron chi connectivity index (χ0n) is 14.7. The lowest BCUT2D eigenvalue weighted by Gasteiger charge is -2.06. The number of hydrazine groups is 1. The maximum Gasteiger partial charge on any atom is 0.305 e. The second kappa shape index (κ2) is 8.10. The number of para-hydroxylation sites is 1. The van der Waals surface area contributed by atoms with Crippen LogP contribution in [-0.4, -0.2) is 17.6 Å². The molecular weight excluding hydrogens is 348 g/mol. The van der Waals surface area contributed by atoms with Crippen LogP contribution in [0, 0.1) is 13.8 Å². The molecule has 2 N–H and O–H groups in total. The number of benzene rings is 2. The number of furan rings is 1. The molecule has 0 aliphatic heterocycles. The Morgan fingerprint density at radius 3 is 2.46 bits per heavy atom. The zero-order valence-corrected chi connectivity index (χ0v) is 15.5. The van der Waals surface area contributed by atoms with Crippen molar-refractivity contribution in [2.75, 3.05) is 5.75 Å². The lowest BCUT2D eigenvalue weighted by molar-refractivity contribution is -0.119. The van der Waals surface area contributed by atoms with Gasteiger partial charge in [-0.05, 0) is 25.5 Å². The number of fused-ring (bicyclic) bond motifs is 1. The van der Waals surface area contributed by atoms with Gasteiger partial charge in [0.2, 0.25) is 5.91 Å². The van der Waals surface area contributed by atoms with Crippen molar-refractivity contribution < 1.29 is 14.0 Å². The van der Waals surface area contributed by atoms with Gasteiger partial charge < -0.3 is 4.42 Å². The Morgan fingerprint density at radius 2 is 1.73 bits per heavy atom. The Bertz CT molecular complexity index is 932. The van der Waals surface area contributed by atoms with E-state index in [1.54, 1.807) is 6.07 Å². The van der Waals surface area contributed by atoms with Crippen molar-refractivity contribution >= 4 is 34.5 Å². The molecule has 0 bridgehead atoms. The largest absolute Gasteiger partial charge is 0.451 e. The molecule has 0 fully saturated rings. The number of hydrogen-bond donors (Lipinski definition) is 2. The summed E-state index contributed by atoms with van der Waals surface area (Å²) in [6.45, 7) is 3.86. The molecule has 0 saturated carbocycles. The smallest absolute Gasteiger partial charge is 0.305 e. The van der Waals surface area contributed by atoms with Crippen molar-refractivity contribution in [1.82, 2.24) is 10.9 Å². The van der Waals surface area contributed by atoms with E-state index in [1.165, 1.54) is 17.3 Å². The number of hydrogen-bond acceptors (Lipinski definition) is 4. The molecule has 0 radical (unpaired) electrons. The van der Waals surface area contributed by atoms with Gasteiger partial charge in [-0.25, -0.2) is 0 Å². The minimum atomic E-state index is -0.462. The average Bonchev–Trinajstić information content (AvgIpc) is 2.98. The van der Waals surface area contributed by atoms with Crippen LogP contribution in [0.1, 0.15) is 27.2 Å². The molecule has 3 aromatic rings. The maximum absolute atomic E-state index is 12.2. The molecule has 134 valence electrons. The van der Waals surface area contributed by atoms with Gasteiger partial charge in [0, 0.05) is 16.7 Å². The van der Waals surface area contributed by atoms with Crippen molar-refractivity contribution in [3.63, 3.8) is 0 Å². The normalized spacial score (nSPS) is 10.7. The summed E-state index contributed by atoms with van der Waals surface area (Å²) in [5, 5.41) is 0.887. The Morgan fingerprint density at radius 1 is 1.00 bits per heavy atom. The molecule has 26 heavy (non-hydrogen) atoms. The summed E-state index contributed by atoms with van der Waals surface area (Å²) in [7, 11) is 0. The topological polar surface area (TPSA) is 71.3 Å². The molecule has 1 aromatic heterocycles. The number of amides is 2. The highest BCUT2D eigenvalue weighted by molar-refractivity contribution is 7.99. The van der Waals surface area contributed by atoms with Crippen molar-refractivity contribution in [3.05, 3.63) is 71.0 Å². The molecule has 0 aliphatic rings. The van der Waals surface area contributed by atoms with Crippen LogP contribution in [0.25, 0.3) is 11.0 Å². The molecule has 0 unspecified atom stereocenters. The van der Waals surface area contributed by atoms with E-state index in [0.717, 1.165) is 22.3 Å². The van der Waals surface area contributed by atoms with E-state index in [9.17, 15) is 9.59 Å². The van der Waals surface area contributed by atoms with E-state index in [1.807, 2.05) is 56.3 Å². The third kappa shape index (κ3) is 4.26. The van der Waals surface area contributed by atoms with Gasteiger partial charge in [0.25, 0.3) is 0 Å². The van der Waals surface area contributed by atoms with Gasteiger partial charge in [-0.3, -0.25) is 20.4 Å². The molecule has 0 spiro atoms. The number of nitrogens with one attached hydrogen (secondary N) is 2. The Kier molecular flexibility index (Phi) is 5.63. The fourth-order valence-corrected chi connectivity index (χ4v) is 3.34. The molecule has 3 rings (SSSR count). The van der Waals surface area contributed by atoms with Crippen molar-refractivity contribution in [2.45, 2.75) is 19.6 Å². The SMILES string of the molecule is Cc1ccc(CSCC(=O)NNC(=O)c2oc3ccccc3c2C)cc1. The summed E-state index contributed by atoms with van der Waals surface area (Å²) in [5.41, 5.74) is 8.61. The summed E-state index contributed by atoms with van der Waals surface area (Å²) in [5.74, 6) is 0.482. The van der Waals surface area contributed by atoms with Crippen LogP contribution in [0.2, 0.25) is 0 Å². The Hall–Kier alpha value is -2.73. The third-order valence-electron chi connectivity index (χ3n) is 3.99. The van der Waals surface area contributed by atoms with Crippen LogP contribution < -0.4 is 10.9 Å². The van der Waals surface area contributed by atoms with Gasteiger partial charge in [-0.2, -0.15) is 0 Å². The molecule has 1 heterocycles. The monoisotopic (exact) mass is 368 g/mol. The first-order valence-corrected chi connectivity index (χ1v) is 9.40. The Labute approximate surface area is 156 Å². The average molecular weight is 368 g/mol. The van der Waals surface area contributed by atoms with Gasteiger partial charge in [0.15, 0.2) is 5.76 Å². The second-order valence-electron chi connectivity index (χ2n) is 6.03. The van der Waals surface area contributed by atoms with Crippen LogP contribution in [0.5, 0.6) is 0 Å². The zero-order chi connectivity index (χ0) is 18.5.